The highest BCUT2D eigenvalue weighted by atomic mass is 19.3. The molecule has 2 heterocycles. The molecule has 0 amide bonds. The number of pyridine rings is 1. The fourth-order valence-corrected chi connectivity index (χ4v) is 1.38. The summed E-state index contributed by atoms with van der Waals surface area (Å²) in [4.78, 5) is 4.00. The third-order valence-corrected chi connectivity index (χ3v) is 2.09. The van der Waals surface area contributed by atoms with Crippen molar-refractivity contribution in [3.8, 4) is 6.07 Å². The van der Waals surface area contributed by atoms with Gasteiger partial charge in [-0.3, -0.25) is 4.68 Å². The number of nitrogens with zero attached hydrogens (tertiary/aromatic N) is 4. The van der Waals surface area contributed by atoms with Gasteiger partial charge in [-0.25, -0.2) is 13.8 Å². The van der Waals surface area contributed by atoms with Crippen molar-refractivity contribution >= 4 is 11.5 Å². The first-order valence-corrected chi connectivity index (χ1v) is 5.12. The SMILES string of the molecule is N#Cc1cccc(Nc2cnn(CC(F)F)c2)n1. The minimum atomic E-state index is -2.45. The number of alkyl halides is 2. The Hall–Kier alpha value is -2.49. The third-order valence-electron chi connectivity index (χ3n) is 2.09. The molecule has 92 valence electrons. The fourth-order valence-electron chi connectivity index (χ4n) is 1.38. The number of hydrogen-bond donors (Lipinski definition) is 1. The molecule has 0 saturated heterocycles. The molecule has 18 heavy (non-hydrogen) atoms. The van der Waals surface area contributed by atoms with Crippen LogP contribution in [-0.4, -0.2) is 21.2 Å². The summed E-state index contributed by atoms with van der Waals surface area (Å²) >= 11 is 0. The normalized spacial score (nSPS) is 10.3. The van der Waals surface area contributed by atoms with E-state index in [-0.39, 0.29) is 5.69 Å². The van der Waals surface area contributed by atoms with Gasteiger partial charge in [0, 0.05) is 6.20 Å². The van der Waals surface area contributed by atoms with Crippen molar-refractivity contribution in [1.82, 2.24) is 14.8 Å². The smallest absolute Gasteiger partial charge is 0.257 e. The van der Waals surface area contributed by atoms with Crippen LogP contribution in [0.25, 0.3) is 0 Å². The topological polar surface area (TPSA) is 66.5 Å². The van der Waals surface area contributed by atoms with E-state index in [1.165, 1.54) is 12.4 Å². The molecule has 2 aromatic rings. The summed E-state index contributed by atoms with van der Waals surface area (Å²) < 4.78 is 25.4. The number of halogens is 2. The molecule has 0 aliphatic carbocycles. The quantitative estimate of drug-likeness (QED) is 0.901. The maximum absolute atomic E-state index is 12.1. The predicted molar refractivity (Wildman–Crippen MR) is 60.5 cm³/mol. The molecular formula is C11H9F2N5. The zero-order chi connectivity index (χ0) is 13.0. The van der Waals surface area contributed by atoms with E-state index in [1.54, 1.807) is 18.2 Å². The molecule has 0 atom stereocenters. The van der Waals surface area contributed by atoms with Crippen molar-refractivity contribution < 1.29 is 8.78 Å². The van der Waals surface area contributed by atoms with E-state index in [0.29, 0.717) is 11.5 Å². The Morgan fingerprint density at radius 1 is 1.44 bits per heavy atom. The number of aromatic nitrogens is 3. The predicted octanol–water partition coefficient (Wildman–Crippen LogP) is 2.16. The molecule has 0 fully saturated rings. The van der Waals surface area contributed by atoms with E-state index >= 15 is 0 Å². The summed E-state index contributed by atoms with van der Waals surface area (Å²) in [7, 11) is 0. The van der Waals surface area contributed by atoms with Crippen LogP contribution in [0.5, 0.6) is 0 Å². The highest BCUT2D eigenvalue weighted by molar-refractivity contribution is 5.54. The molecule has 0 saturated carbocycles. The Kier molecular flexibility index (Phi) is 3.48. The number of anilines is 2. The summed E-state index contributed by atoms with van der Waals surface area (Å²) in [5.41, 5.74) is 0.818. The summed E-state index contributed by atoms with van der Waals surface area (Å²) in [6, 6.07) is 6.84. The minimum Gasteiger partial charge on any atom is -0.338 e. The molecule has 0 bridgehead atoms. The van der Waals surface area contributed by atoms with Crippen LogP contribution < -0.4 is 5.32 Å². The van der Waals surface area contributed by atoms with Crippen LogP contribution in [0.1, 0.15) is 5.69 Å². The molecule has 0 spiro atoms. The molecule has 0 unspecified atom stereocenters. The number of hydrogen-bond acceptors (Lipinski definition) is 4. The van der Waals surface area contributed by atoms with Crippen LogP contribution in [0.2, 0.25) is 0 Å². The van der Waals surface area contributed by atoms with Crippen LogP contribution in [0, 0.1) is 11.3 Å². The highest BCUT2D eigenvalue weighted by Crippen LogP contribution is 2.14. The summed E-state index contributed by atoms with van der Waals surface area (Å²) in [6.07, 6.45) is 0.425. The summed E-state index contributed by atoms with van der Waals surface area (Å²) in [6.45, 7) is -0.451. The van der Waals surface area contributed by atoms with Crippen molar-refractivity contribution in [3.05, 3.63) is 36.3 Å². The van der Waals surface area contributed by atoms with E-state index in [0.717, 1.165) is 4.68 Å². The van der Waals surface area contributed by atoms with Crippen molar-refractivity contribution in [1.29, 1.82) is 5.26 Å². The first-order valence-electron chi connectivity index (χ1n) is 5.12. The first kappa shape index (κ1) is 12.0. The van der Waals surface area contributed by atoms with Gasteiger partial charge in [-0.05, 0) is 12.1 Å². The average Bonchev–Trinajstić information content (AvgIpc) is 2.76. The zero-order valence-electron chi connectivity index (χ0n) is 9.22. The summed E-state index contributed by atoms with van der Waals surface area (Å²) in [5.74, 6) is 0.464. The standard InChI is InChI=1S/C11H9F2N5/c12-10(13)7-18-6-9(5-15-18)17-11-3-1-2-8(4-14)16-11/h1-3,5-6,10H,7H2,(H,16,17). The molecule has 0 aliphatic rings. The third kappa shape index (κ3) is 3.01. The van der Waals surface area contributed by atoms with Gasteiger partial charge in [0.2, 0.25) is 0 Å². The molecule has 2 aromatic heterocycles. The first-order chi connectivity index (χ1) is 8.67. The average molecular weight is 249 g/mol. The van der Waals surface area contributed by atoms with E-state index < -0.39 is 13.0 Å². The molecule has 1 N–H and O–H groups in total. The minimum absolute atomic E-state index is 0.278. The molecule has 5 nitrogen and oxygen atoms in total. The van der Waals surface area contributed by atoms with Gasteiger partial charge in [-0.2, -0.15) is 10.4 Å². The lowest BCUT2D eigenvalue weighted by atomic mass is 10.3. The van der Waals surface area contributed by atoms with Crippen LogP contribution in [0.3, 0.4) is 0 Å². The maximum atomic E-state index is 12.1. The Labute approximate surface area is 102 Å². The highest BCUT2D eigenvalue weighted by Gasteiger charge is 2.06. The van der Waals surface area contributed by atoms with E-state index in [4.69, 9.17) is 5.26 Å². The summed E-state index contributed by atoms with van der Waals surface area (Å²) in [5, 5.41) is 15.3. The maximum Gasteiger partial charge on any atom is 0.257 e. The van der Waals surface area contributed by atoms with Gasteiger partial charge in [0.15, 0.2) is 0 Å². The van der Waals surface area contributed by atoms with Crippen molar-refractivity contribution in [2.45, 2.75) is 13.0 Å². The van der Waals surface area contributed by atoms with Gasteiger partial charge in [0.25, 0.3) is 6.43 Å². The molecule has 0 aliphatic heterocycles. The fraction of sp³-hybridized carbons (Fsp3) is 0.182. The van der Waals surface area contributed by atoms with E-state index in [2.05, 4.69) is 15.4 Å². The van der Waals surface area contributed by atoms with Gasteiger partial charge < -0.3 is 5.32 Å². The van der Waals surface area contributed by atoms with Gasteiger partial charge in [0.05, 0.1) is 11.9 Å². The molecular weight excluding hydrogens is 240 g/mol. The zero-order valence-corrected chi connectivity index (χ0v) is 9.22. The van der Waals surface area contributed by atoms with Crippen molar-refractivity contribution in [3.63, 3.8) is 0 Å². The van der Waals surface area contributed by atoms with E-state index in [1.807, 2.05) is 6.07 Å². The number of rotatable bonds is 4. The van der Waals surface area contributed by atoms with Crippen molar-refractivity contribution in [2.24, 2.45) is 0 Å². The van der Waals surface area contributed by atoms with Gasteiger partial charge in [-0.1, -0.05) is 6.07 Å². The Balaban J connectivity index is 2.09. The molecule has 0 aromatic carbocycles. The van der Waals surface area contributed by atoms with Crippen LogP contribution >= 0.6 is 0 Å². The number of nitriles is 1. The Bertz CT molecular complexity index is 573. The molecule has 0 radical (unpaired) electrons. The van der Waals surface area contributed by atoms with Gasteiger partial charge in [0.1, 0.15) is 24.1 Å². The molecule has 7 heteroatoms. The lowest BCUT2D eigenvalue weighted by Crippen LogP contribution is -2.06. The second-order valence-corrected chi connectivity index (χ2v) is 3.49. The van der Waals surface area contributed by atoms with Gasteiger partial charge >= 0.3 is 0 Å². The number of nitrogens with one attached hydrogen (secondary N) is 1. The van der Waals surface area contributed by atoms with Crippen molar-refractivity contribution in [2.75, 3.05) is 5.32 Å². The molecule has 2 rings (SSSR count). The second-order valence-electron chi connectivity index (χ2n) is 3.49. The van der Waals surface area contributed by atoms with Crippen LogP contribution in [-0.2, 0) is 6.54 Å². The lowest BCUT2D eigenvalue weighted by molar-refractivity contribution is 0.122. The second kappa shape index (κ2) is 5.23. The van der Waals surface area contributed by atoms with Crippen LogP contribution in [0.15, 0.2) is 30.6 Å². The monoisotopic (exact) mass is 249 g/mol. The largest absolute Gasteiger partial charge is 0.338 e. The van der Waals surface area contributed by atoms with E-state index in [9.17, 15) is 8.78 Å². The Morgan fingerprint density at radius 3 is 3.00 bits per heavy atom. The Morgan fingerprint density at radius 2 is 2.28 bits per heavy atom. The van der Waals surface area contributed by atoms with Crippen LogP contribution in [0.4, 0.5) is 20.3 Å². The van der Waals surface area contributed by atoms with Gasteiger partial charge in [-0.15, -0.1) is 0 Å². The lowest BCUT2D eigenvalue weighted by Gasteiger charge is -2.02.